The largest absolute Gasteiger partial charge is 0.340 e. The minimum Gasteiger partial charge on any atom is -0.340 e. The third-order valence-corrected chi connectivity index (χ3v) is 4.61. The average Bonchev–Trinajstić information content (AvgIpc) is 3.02. The standard InChI is InChI=1S/C22H21N3/c1-16-10-9-15-20-24-21(17(2)18-11-5-3-6-12-18)22(25(16)20)23-19-13-7-4-8-14-19/h3-15,17,23H,1-2H3. The van der Waals surface area contributed by atoms with Crippen LogP contribution in [-0.4, -0.2) is 9.38 Å². The lowest BCUT2D eigenvalue weighted by molar-refractivity contribution is 0.888. The van der Waals surface area contributed by atoms with Crippen molar-refractivity contribution in [2.45, 2.75) is 19.8 Å². The molecule has 2 heterocycles. The number of hydrogen-bond acceptors (Lipinski definition) is 2. The van der Waals surface area contributed by atoms with Crippen molar-refractivity contribution in [3.8, 4) is 0 Å². The Kier molecular flexibility index (Phi) is 3.98. The summed E-state index contributed by atoms with van der Waals surface area (Å²) in [4.78, 5) is 4.95. The number of hydrogen-bond donors (Lipinski definition) is 1. The van der Waals surface area contributed by atoms with Gasteiger partial charge in [-0.2, -0.15) is 0 Å². The average molecular weight is 327 g/mol. The molecule has 124 valence electrons. The number of rotatable bonds is 4. The Morgan fingerprint density at radius 2 is 1.52 bits per heavy atom. The fourth-order valence-electron chi connectivity index (χ4n) is 3.25. The van der Waals surface area contributed by atoms with Gasteiger partial charge in [-0.3, -0.25) is 4.40 Å². The van der Waals surface area contributed by atoms with Gasteiger partial charge < -0.3 is 5.32 Å². The lowest BCUT2D eigenvalue weighted by atomic mass is 9.98. The van der Waals surface area contributed by atoms with Gasteiger partial charge in [0.2, 0.25) is 0 Å². The fourth-order valence-corrected chi connectivity index (χ4v) is 3.25. The Bertz CT molecular complexity index is 988. The van der Waals surface area contributed by atoms with Crippen molar-refractivity contribution >= 4 is 17.2 Å². The Labute approximate surface area is 148 Å². The number of benzene rings is 2. The molecule has 4 rings (SSSR count). The summed E-state index contributed by atoms with van der Waals surface area (Å²) >= 11 is 0. The van der Waals surface area contributed by atoms with Crippen molar-refractivity contribution in [3.05, 3.63) is 95.8 Å². The Balaban J connectivity index is 1.88. The summed E-state index contributed by atoms with van der Waals surface area (Å²) in [5, 5.41) is 3.59. The quantitative estimate of drug-likeness (QED) is 0.533. The molecule has 0 saturated heterocycles. The van der Waals surface area contributed by atoms with Crippen LogP contribution in [0.2, 0.25) is 0 Å². The van der Waals surface area contributed by atoms with Gasteiger partial charge in [0.25, 0.3) is 0 Å². The van der Waals surface area contributed by atoms with E-state index in [9.17, 15) is 0 Å². The van der Waals surface area contributed by atoms with E-state index in [4.69, 9.17) is 4.98 Å². The van der Waals surface area contributed by atoms with Gasteiger partial charge in [-0.15, -0.1) is 0 Å². The summed E-state index contributed by atoms with van der Waals surface area (Å²) in [7, 11) is 0. The van der Waals surface area contributed by atoms with Gasteiger partial charge in [0.05, 0.1) is 5.69 Å². The molecule has 2 aromatic heterocycles. The first kappa shape index (κ1) is 15.5. The molecule has 1 atom stereocenters. The number of aryl methyl sites for hydroxylation is 1. The maximum atomic E-state index is 4.95. The summed E-state index contributed by atoms with van der Waals surface area (Å²) in [6.07, 6.45) is 0. The second kappa shape index (κ2) is 6.44. The lowest BCUT2D eigenvalue weighted by Gasteiger charge is -2.14. The molecule has 0 spiro atoms. The number of fused-ring (bicyclic) bond motifs is 1. The van der Waals surface area contributed by atoms with E-state index < -0.39 is 0 Å². The second-order valence-corrected chi connectivity index (χ2v) is 6.33. The molecule has 0 saturated carbocycles. The Morgan fingerprint density at radius 3 is 2.24 bits per heavy atom. The van der Waals surface area contributed by atoms with E-state index in [1.807, 2.05) is 24.3 Å². The van der Waals surface area contributed by atoms with Crippen LogP contribution in [0.15, 0.2) is 78.9 Å². The minimum absolute atomic E-state index is 0.201. The summed E-state index contributed by atoms with van der Waals surface area (Å²) in [6.45, 7) is 4.32. The smallest absolute Gasteiger partial charge is 0.139 e. The molecule has 0 aliphatic carbocycles. The third-order valence-electron chi connectivity index (χ3n) is 4.61. The molecule has 0 aliphatic heterocycles. The fraction of sp³-hybridized carbons (Fsp3) is 0.136. The van der Waals surface area contributed by atoms with Crippen LogP contribution in [0.5, 0.6) is 0 Å². The maximum Gasteiger partial charge on any atom is 0.139 e. The molecule has 0 radical (unpaired) electrons. The highest BCUT2D eigenvalue weighted by Crippen LogP contribution is 2.33. The highest BCUT2D eigenvalue weighted by Gasteiger charge is 2.20. The monoisotopic (exact) mass is 327 g/mol. The molecule has 4 aromatic rings. The summed E-state index contributed by atoms with van der Waals surface area (Å²) < 4.78 is 2.20. The van der Waals surface area contributed by atoms with E-state index in [1.54, 1.807) is 0 Å². The molecule has 0 fully saturated rings. The van der Waals surface area contributed by atoms with Crippen molar-refractivity contribution < 1.29 is 0 Å². The third kappa shape index (κ3) is 2.89. The van der Waals surface area contributed by atoms with Gasteiger partial charge in [-0.1, -0.05) is 61.5 Å². The number of nitrogens with one attached hydrogen (secondary N) is 1. The molecule has 1 unspecified atom stereocenters. The molecule has 1 N–H and O–H groups in total. The topological polar surface area (TPSA) is 29.3 Å². The first-order valence-corrected chi connectivity index (χ1v) is 8.59. The lowest BCUT2D eigenvalue weighted by Crippen LogP contribution is -2.04. The van der Waals surface area contributed by atoms with Crippen LogP contribution in [0.1, 0.15) is 29.8 Å². The molecule has 0 aliphatic rings. The number of para-hydroxylation sites is 1. The van der Waals surface area contributed by atoms with E-state index >= 15 is 0 Å². The van der Waals surface area contributed by atoms with Gasteiger partial charge in [-0.05, 0) is 36.8 Å². The molecule has 0 amide bonds. The van der Waals surface area contributed by atoms with Crippen LogP contribution in [0.4, 0.5) is 11.5 Å². The van der Waals surface area contributed by atoms with Crippen molar-refractivity contribution in [3.63, 3.8) is 0 Å². The van der Waals surface area contributed by atoms with E-state index in [-0.39, 0.29) is 5.92 Å². The van der Waals surface area contributed by atoms with Crippen molar-refractivity contribution in [2.24, 2.45) is 0 Å². The first-order valence-electron chi connectivity index (χ1n) is 8.59. The summed E-state index contributed by atoms with van der Waals surface area (Å²) in [6, 6.07) is 27.0. The highest BCUT2D eigenvalue weighted by atomic mass is 15.1. The normalized spacial score (nSPS) is 12.2. The number of anilines is 2. The summed E-state index contributed by atoms with van der Waals surface area (Å²) in [5.41, 5.74) is 5.52. The molecule has 2 aromatic carbocycles. The number of aromatic nitrogens is 2. The van der Waals surface area contributed by atoms with Crippen molar-refractivity contribution in [1.82, 2.24) is 9.38 Å². The zero-order chi connectivity index (χ0) is 17.2. The van der Waals surface area contributed by atoms with Crippen LogP contribution in [-0.2, 0) is 0 Å². The predicted molar refractivity (Wildman–Crippen MR) is 104 cm³/mol. The van der Waals surface area contributed by atoms with Gasteiger partial charge in [-0.25, -0.2) is 4.98 Å². The highest BCUT2D eigenvalue weighted by molar-refractivity contribution is 5.66. The zero-order valence-electron chi connectivity index (χ0n) is 14.5. The summed E-state index contributed by atoms with van der Waals surface area (Å²) in [5.74, 6) is 1.24. The SMILES string of the molecule is Cc1cccc2nc(C(C)c3ccccc3)c(Nc3ccccc3)n12. The van der Waals surface area contributed by atoms with Gasteiger partial charge >= 0.3 is 0 Å². The molecular weight excluding hydrogens is 306 g/mol. The van der Waals surface area contributed by atoms with Crippen molar-refractivity contribution in [1.29, 1.82) is 0 Å². The van der Waals surface area contributed by atoms with Crippen LogP contribution in [0.3, 0.4) is 0 Å². The molecule has 25 heavy (non-hydrogen) atoms. The predicted octanol–water partition coefficient (Wildman–Crippen LogP) is 5.54. The molecule has 0 bridgehead atoms. The van der Waals surface area contributed by atoms with E-state index in [1.165, 1.54) is 5.56 Å². The minimum atomic E-state index is 0.201. The maximum absolute atomic E-state index is 4.95. The molecule has 3 nitrogen and oxygen atoms in total. The van der Waals surface area contributed by atoms with Crippen molar-refractivity contribution in [2.75, 3.05) is 5.32 Å². The van der Waals surface area contributed by atoms with Crippen LogP contribution < -0.4 is 5.32 Å². The van der Waals surface area contributed by atoms with E-state index in [2.05, 4.69) is 78.2 Å². The number of nitrogens with zero attached hydrogens (tertiary/aromatic N) is 2. The zero-order valence-corrected chi connectivity index (χ0v) is 14.5. The van der Waals surface area contributed by atoms with Crippen LogP contribution >= 0.6 is 0 Å². The number of imidazole rings is 1. The Morgan fingerprint density at radius 1 is 0.840 bits per heavy atom. The first-order chi connectivity index (χ1) is 12.2. The van der Waals surface area contributed by atoms with Crippen LogP contribution in [0, 0.1) is 6.92 Å². The van der Waals surface area contributed by atoms with Gasteiger partial charge in [0.1, 0.15) is 11.5 Å². The van der Waals surface area contributed by atoms with E-state index in [0.29, 0.717) is 0 Å². The second-order valence-electron chi connectivity index (χ2n) is 6.33. The van der Waals surface area contributed by atoms with E-state index in [0.717, 1.165) is 28.5 Å². The molecule has 3 heteroatoms. The number of pyridine rings is 1. The van der Waals surface area contributed by atoms with Gasteiger partial charge in [0.15, 0.2) is 0 Å². The Hall–Kier alpha value is -3.07. The van der Waals surface area contributed by atoms with Crippen LogP contribution in [0.25, 0.3) is 5.65 Å². The molecular formula is C22H21N3. The van der Waals surface area contributed by atoms with Gasteiger partial charge in [0, 0.05) is 17.3 Å².